The van der Waals surface area contributed by atoms with Crippen LogP contribution in [0.5, 0.6) is 0 Å². The number of halogens is 8. The zero-order valence-electron chi connectivity index (χ0n) is 20.2. The Morgan fingerprint density at radius 3 is 1.97 bits per heavy atom. The molecule has 1 aliphatic heterocycles. The second-order valence-electron chi connectivity index (χ2n) is 9.66. The van der Waals surface area contributed by atoms with E-state index in [0.717, 1.165) is 0 Å². The van der Waals surface area contributed by atoms with E-state index < -0.39 is 58.9 Å². The Kier molecular flexibility index (Phi) is 8.38. The van der Waals surface area contributed by atoms with Crippen LogP contribution in [0.1, 0.15) is 43.4 Å². The number of rotatable bonds is 3. The molecule has 14 heteroatoms. The van der Waals surface area contributed by atoms with E-state index in [9.17, 15) is 35.9 Å². The first-order chi connectivity index (χ1) is 17.3. The predicted octanol–water partition coefficient (Wildman–Crippen LogP) is 7.56. The molecule has 0 radical (unpaired) electrons. The van der Waals surface area contributed by atoms with Crippen molar-refractivity contribution in [3.8, 4) is 0 Å². The summed E-state index contributed by atoms with van der Waals surface area (Å²) >= 11 is 12.1. The van der Waals surface area contributed by atoms with E-state index in [4.69, 9.17) is 27.9 Å². The van der Waals surface area contributed by atoms with E-state index in [-0.39, 0.29) is 29.2 Å². The summed E-state index contributed by atoms with van der Waals surface area (Å²) in [7, 11) is 0. The number of benzene rings is 2. The first-order valence-electron chi connectivity index (χ1n) is 11.1. The summed E-state index contributed by atoms with van der Waals surface area (Å²) in [5.74, 6) is -0.546. The summed E-state index contributed by atoms with van der Waals surface area (Å²) in [5, 5.41) is 5.06. The van der Waals surface area contributed by atoms with Gasteiger partial charge in [-0.2, -0.15) is 26.3 Å². The van der Waals surface area contributed by atoms with Crippen molar-refractivity contribution in [2.45, 2.75) is 50.7 Å². The van der Waals surface area contributed by atoms with Gasteiger partial charge in [0.05, 0.1) is 27.2 Å². The maximum atomic E-state index is 13.2. The van der Waals surface area contributed by atoms with E-state index in [1.807, 2.05) is 5.32 Å². The number of carbonyl (C=O) groups is 2. The van der Waals surface area contributed by atoms with Crippen molar-refractivity contribution in [2.24, 2.45) is 0 Å². The molecular weight excluding hydrogens is 563 g/mol. The van der Waals surface area contributed by atoms with Gasteiger partial charge in [-0.3, -0.25) is 0 Å². The van der Waals surface area contributed by atoms with Gasteiger partial charge >= 0.3 is 24.5 Å². The lowest BCUT2D eigenvalue weighted by molar-refractivity contribution is -0.143. The maximum absolute atomic E-state index is 13.2. The molecule has 1 saturated heterocycles. The lowest BCUT2D eigenvalue weighted by atomic mass is 9.94. The van der Waals surface area contributed by atoms with E-state index in [0.29, 0.717) is 17.7 Å². The normalized spacial score (nSPS) is 18.3. The van der Waals surface area contributed by atoms with Gasteiger partial charge in [0.15, 0.2) is 0 Å². The van der Waals surface area contributed by atoms with Crippen LogP contribution in [-0.4, -0.2) is 41.8 Å². The van der Waals surface area contributed by atoms with Crippen LogP contribution in [-0.2, 0) is 17.1 Å². The van der Waals surface area contributed by atoms with Crippen molar-refractivity contribution < 1.29 is 40.7 Å². The molecule has 208 valence electrons. The van der Waals surface area contributed by atoms with Crippen molar-refractivity contribution in [2.75, 3.05) is 18.4 Å². The summed E-state index contributed by atoms with van der Waals surface area (Å²) in [5.41, 5.74) is -4.08. The molecule has 2 aromatic rings. The molecule has 1 aliphatic rings. The molecular formula is C24H23Cl2F6N3O3. The molecule has 0 bridgehead atoms. The van der Waals surface area contributed by atoms with Crippen LogP contribution < -0.4 is 10.6 Å². The minimum Gasteiger partial charge on any atom is -0.444 e. The molecule has 2 atom stereocenters. The van der Waals surface area contributed by atoms with Crippen molar-refractivity contribution >= 4 is 41.0 Å². The number of likely N-dealkylation sites (tertiary alicyclic amines) is 1. The number of urea groups is 1. The van der Waals surface area contributed by atoms with Crippen molar-refractivity contribution in [1.82, 2.24) is 10.2 Å². The largest absolute Gasteiger partial charge is 0.444 e. The van der Waals surface area contributed by atoms with Crippen LogP contribution >= 0.6 is 23.2 Å². The Bertz CT molecular complexity index is 1180. The number of hydrogen-bond donors (Lipinski definition) is 2. The second kappa shape index (κ2) is 10.7. The number of anilines is 1. The molecule has 1 fully saturated rings. The zero-order valence-corrected chi connectivity index (χ0v) is 21.7. The van der Waals surface area contributed by atoms with Gasteiger partial charge in [0, 0.05) is 24.7 Å². The molecule has 0 aliphatic carbocycles. The minimum absolute atomic E-state index is 0.0426. The minimum atomic E-state index is -5.08. The highest BCUT2D eigenvalue weighted by Gasteiger charge is 2.40. The Morgan fingerprint density at radius 1 is 0.895 bits per heavy atom. The third-order valence-electron chi connectivity index (χ3n) is 5.51. The molecule has 0 aromatic heterocycles. The van der Waals surface area contributed by atoms with Crippen molar-refractivity contribution in [1.29, 1.82) is 0 Å². The molecule has 3 amide bonds. The molecule has 0 unspecified atom stereocenters. The lowest BCUT2D eigenvalue weighted by Gasteiger charge is -2.24. The Morgan fingerprint density at radius 2 is 1.47 bits per heavy atom. The topological polar surface area (TPSA) is 70.7 Å². The standard InChI is InChI=1S/C24H23Cl2F6N3O3/c1-22(2,3)38-21(37)35-10-16(12-4-5-17(25)18(26)6-12)19(11-35)34-20(36)33-15-8-13(23(27,28)29)7-14(9-15)24(30,31)32/h4-9,16,19H,10-11H2,1-3H3,(H2,33,34,36)/t16-,19+/m1/s1. The first kappa shape index (κ1) is 29.7. The highest BCUT2D eigenvalue weighted by molar-refractivity contribution is 6.42. The van der Waals surface area contributed by atoms with Gasteiger partial charge in [-0.1, -0.05) is 29.3 Å². The van der Waals surface area contributed by atoms with Crippen molar-refractivity contribution in [3.05, 3.63) is 63.1 Å². The summed E-state index contributed by atoms with van der Waals surface area (Å²) in [6.07, 6.45) is -10.8. The number of alkyl halides is 6. The quantitative estimate of drug-likeness (QED) is 0.365. The highest BCUT2D eigenvalue weighted by Crippen LogP contribution is 2.38. The second-order valence-corrected chi connectivity index (χ2v) is 10.5. The van der Waals surface area contributed by atoms with Crippen LogP contribution in [0, 0.1) is 0 Å². The molecule has 1 heterocycles. The van der Waals surface area contributed by atoms with Gasteiger partial charge < -0.3 is 20.3 Å². The summed E-state index contributed by atoms with van der Waals surface area (Å²) in [6.45, 7) is 5.05. The van der Waals surface area contributed by atoms with Crippen LogP contribution in [0.3, 0.4) is 0 Å². The SMILES string of the molecule is CC(C)(C)OC(=O)N1C[C@H](NC(=O)Nc2cc(C(F)(F)F)cc(C(F)(F)F)c2)[C@@H](c2ccc(Cl)c(Cl)c2)C1. The van der Waals surface area contributed by atoms with E-state index in [1.165, 1.54) is 11.0 Å². The monoisotopic (exact) mass is 585 g/mol. The van der Waals surface area contributed by atoms with E-state index in [1.54, 1.807) is 32.9 Å². The molecule has 2 N–H and O–H groups in total. The average molecular weight is 586 g/mol. The number of nitrogens with one attached hydrogen (secondary N) is 2. The van der Waals surface area contributed by atoms with Crippen LogP contribution in [0.25, 0.3) is 0 Å². The van der Waals surface area contributed by atoms with Gasteiger partial charge in [0.25, 0.3) is 0 Å². The fraction of sp³-hybridized carbons (Fsp3) is 0.417. The molecule has 38 heavy (non-hydrogen) atoms. The number of nitrogens with zero attached hydrogens (tertiary/aromatic N) is 1. The fourth-order valence-electron chi connectivity index (χ4n) is 3.87. The Balaban J connectivity index is 1.86. The fourth-order valence-corrected chi connectivity index (χ4v) is 4.18. The van der Waals surface area contributed by atoms with Crippen LogP contribution in [0.4, 0.5) is 41.6 Å². The molecule has 0 saturated carbocycles. The number of hydrogen-bond acceptors (Lipinski definition) is 3. The van der Waals surface area contributed by atoms with Crippen molar-refractivity contribution in [3.63, 3.8) is 0 Å². The highest BCUT2D eigenvalue weighted by atomic mass is 35.5. The molecule has 2 aromatic carbocycles. The third kappa shape index (κ3) is 7.59. The van der Waals surface area contributed by atoms with E-state index >= 15 is 0 Å². The Hall–Kier alpha value is -2.86. The Labute approximate surface area is 224 Å². The maximum Gasteiger partial charge on any atom is 0.416 e. The van der Waals surface area contributed by atoms with Crippen LogP contribution in [0.15, 0.2) is 36.4 Å². The predicted molar refractivity (Wildman–Crippen MR) is 129 cm³/mol. The first-order valence-corrected chi connectivity index (χ1v) is 11.9. The number of carbonyl (C=O) groups excluding carboxylic acids is 2. The van der Waals surface area contributed by atoms with Crippen LogP contribution in [0.2, 0.25) is 10.0 Å². The molecule has 0 spiro atoms. The summed E-state index contributed by atoms with van der Waals surface area (Å²) in [6, 6.07) is 3.58. The molecule has 3 rings (SSSR count). The smallest absolute Gasteiger partial charge is 0.416 e. The zero-order chi connectivity index (χ0) is 28.6. The van der Waals surface area contributed by atoms with Gasteiger partial charge in [0.2, 0.25) is 0 Å². The third-order valence-corrected chi connectivity index (χ3v) is 6.24. The van der Waals surface area contributed by atoms with Gasteiger partial charge in [0.1, 0.15) is 5.60 Å². The summed E-state index contributed by atoms with van der Waals surface area (Å²) < 4.78 is 84.4. The average Bonchev–Trinajstić information content (AvgIpc) is 3.17. The number of ether oxygens (including phenoxy) is 1. The van der Waals surface area contributed by atoms with E-state index in [2.05, 4.69) is 5.32 Å². The van der Waals surface area contributed by atoms with Gasteiger partial charge in [-0.15, -0.1) is 0 Å². The summed E-state index contributed by atoms with van der Waals surface area (Å²) in [4.78, 5) is 26.7. The lowest BCUT2D eigenvalue weighted by Crippen LogP contribution is -2.43. The van der Waals surface area contributed by atoms with Gasteiger partial charge in [-0.05, 0) is 56.7 Å². The number of amides is 3. The molecule has 6 nitrogen and oxygen atoms in total. The van der Waals surface area contributed by atoms with Gasteiger partial charge in [-0.25, -0.2) is 9.59 Å².